The van der Waals surface area contributed by atoms with Crippen molar-refractivity contribution in [2.24, 2.45) is 0 Å². The van der Waals surface area contributed by atoms with Crippen LogP contribution in [0.25, 0.3) is 0 Å². The van der Waals surface area contributed by atoms with E-state index in [9.17, 15) is 9.59 Å². The Balaban J connectivity index is 1.31. The topological polar surface area (TPSA) is 67.7 Å². The average molecular weight is 360 g/mol. The van der Waals surface area contributed by atoms with Gasteiger partial charge in [0.2, 0.25) is 0 Å². The van der Waals surface area contributed by atoms with Crippen LogP contribution >= 0.6 is 0 Å². The van der Waals surface area contributed by atoms with Crippen LogP contribution < -0.4 is 4.90 Å². The van der Waals surface area contributed by atoms with E-state index in [0.717, 1.165) is 31.9 Å². The number of anilines is 1. The van der Waals surface area contributed by atoms with Crippen LogP contribution in [0.4, 0.5) is 5.69 Å². The van der Waals surface area contributed by atoms with Crippen LogP contribution in [0.2, 0.25) is 0 Å². The number of fused-ring (bicyclic) bond motifs is 1. The Morgan fingerprint density at radius 3 is 1.96 bits per heavy atom. The maximum atomic E-state index is 12.4. The molecule has 0 radical (unpaired) electrons. The van der Waals surface area contributed by atoms with Gasteiger partial charge in [-0.25, -0.2) is 0 Å². The van der Waals surface area contributed by atoms with Gasteiger partial charge in [-0.05, 0) is 36.4 Å². The molecule has 0 N–H and O–H groups in total. The second-order valence-corrected chi connectivity index (χ2v) is 6.79. The number of hydrogen-bond acceptors (Lipinski definition) is 5. The number of hydrogen-bond donors (Lipinski definition) is 0. The van der Waals surface area contributed by atoms with Crippen LogP contribution in [0.1, 0.15) is 26.3 Å². The molecule has 0 bridgehead atoms. The first-order valence-corrected chi connectivity index (χ1v) is 9.10. The Labute approximate surface area is 158 Å². The zero-order valence-electron chi connectivity index (χ0n) is 15.0. The summed E-state index contributed by atoms with van der Waals surface area (Å²) in [6, 6.07) is 16.8. The second-order valence-electron chi connectivity index (χ2n) is 6.79. The number of benzene rings is 2. The summed E-state index contributed by atoms with van der Waals surface area (Å²) in [5.74, 6) is -0.376. The third-order valence-corrected chi connectivity index (χ3v) is 5.25. The molecule has 1 saturated heterocycles. The monoisotopic (exact) mass is 360 g/mol. The van der Waals surface area contributed by atoms with E-state index in [2.05, 4.69) is 15.9 Å². The molecule has 2 heterocycles. The molecule has 6 nitrogen and oxygen atoms in total. The lowest BCUT2D eigenvalue weighted by atomic mass is 10.1. The Hall–Kier alpha value is -3.17. The van der Waals surface area contributed by atoms with Crippen molar-refractivity contribution in [1.82, 2.24) is 9.80 Å². The number of piperazine rings is 1. The molecule has 136 valence electrons. The molecule has 0 aliphatic carbocycles. The molecule has 2 aromatic carbocycles. The summed E-state index contributed by atoms with van der Waals surface area (Å²) in [5, 5.41) is 8.90. The first-order chi connectivity index (χ1) is 13.2. The predicted molar refractivity (Wildman–Crippen MR) is 102 cm³/mol. The fourth-order valence-electron chi connectivity index (χ4n) is 3.66. The summed E-state index contributed by atoms with van der Waals surface area (Å²) in [6.45, 7) is 4.63. The standard InChI is InChI=1S/C21H20N4O2/c22-15-16-5-7-17(8-6-16)24-12-9-23(10-13-24)11-14-25-20(26)18-3-1-2-4-19(18)21(25)27/h1-8H,9-14H2. The smallest absolute Gasteiger partial charge is 0.261 e. The molecule has 2 aromatic rings. The number of rotatable bonds is 4. The fraction of sp³-hybridized carbons (Fsp3) is 0.286. The van der Waals surface area contributed by atoms with E-state index in [4.69, 9.17) is 5.26 Å². The lowest BCUT2D eigenvalue weighted by Crippen LogP contribution is -2.49. The second kappa shape index (κ2) is 7.22. The van der Waals surface area contributed by atoms with Crippen LogP contribution in [-0.2, 0) is 0 Å². The lowest BCUT2D eigenvalue weighted by molar-refractivity contribution is 0.0635. The molecule has 27 heavy (non-hydrogen) atoms. The molecule has 0 spiro atoms. The molecule has 2 amide bonds. The van der Waals surface area contributed by atoms with Gasteiger partial charge in [0.25, 0.3) is 11.8 Å². The highest BCUT2D eigenvalue weighted by Crippen LogP contribution is 2.22. The van der Waals surface area contributed by atoms with Gasteiger partial charge in [0.1, 0.15) is 0 Å². The molecule has 0 unspecified atom stereocenters. The number of amides is 2. The number of nitrogens with zero attached hydrogens (tertiary/aromatic N) is 4. The summed E-state index contributed by atoms with van der Waals surface area (Å²) < 4.78 is 0. The highest BCUT2D eigenvalue weighted by molar-refractivity contribution is 6.21. The van der Waals surface area contributed by atoms with Gasteiger partial charge in [0, 0.05) is 45.0 Å². The molecular formula is C21H20N4O2. The third-order valence-electron chi connectivity index (χ3n) is 5.25. The zero-order valence-corrected chi connectivity index (χ0v) is 15.0. The number of carbonyl (C=O) groups is 2. The molecule has 0 saturated carbocycles. The maximum absolute atomic E-state index is 12.4. The Morgan fingerprint density at radius 1 is 0.815 bits per heavy atom. The largest absolute Gasteiger partial charge is 0.369 e. The van der Waals surface area contributed by atoms with Gasteiger partial charge >= 0.3 is 0 Å². The molecule has 4 rings (SSSR count). The fourth-order valence-corrected chi connectivity index (χ4v) is 3.66. The molecule has 0 aromatic heterocycles. The Bertz CT molecular complexity index is 874. The van der Waals surface area contributed by atoms with Gasteiger partial charge in [0.05, 0.1) is 22.8 Å². The number of nitriles is 1. The number of imide groups is 1. The van der Waals surface area contributed by atoms with E-state index in [1.54, 1.807) is 24.3 Å². The minimum absolute atomic E-state index is 0.188. The summed E-state index contributed by atoms with van der Waals surface area (Å²) in [6.07, 6.45) is 0. The van der Waals surface area contributed by atoms with E-state index in [1.165, 1.54) is 4.90 Å². The molecule has 2 aliphatic heterocycles. The van der Waals surface area contributed by atoms with Crippen molar-refractivity contribution >= 4 is 17.5 Å². The predicted octanol–water partition coefficient (Wildman–Crippen LogP) is 1.98. The lowest BCUT2D eigenvalue weighted by Gasteiger charge is -2.36. The summed E-state index contributed by atoms with van der Waals surface area (Å²) in [7, 11) is 0. The highest BCUT2D eigenvalue weighted by Gasteiger charge is 2.35. The van der Waals surface area contributed by atoms with Crippen LogP contribution in [0.5, 0.6) is 0 Å². The maximum Gasteiger partial charge on any atom is 0.261 e. The molecule has 1 fully saturated rings. The minimum atomic E-state index is -0.188. The molecular weight excluding hydrogens is 340 g/mol. The van der Waals surface area contributed by atoms with Gasteiger partial charge in [-0.2, -0.15) is 5.26 Å². The normalized spacial score (nSPS) is 17.1. The van der Waals surface area contributed by atoms with Gasteiger partial charge in [-0.15, -0.1) is 0 Å². The van der Waals surface area contributed by atoms with E-state index >= 15 is 0 Å². The quantitative estimate of drug-likeness (QED) is 0.780. The van der Waals surface area contributed by atoms with E-state index < -0.39 is 0 Å². The van der Waals surface area contributed by atoms with E-state index in [1.807, 2.05) is 24.3 Å². The van der Waals surface area contributed by atoms with Gasteiger partial charge in [0.15, 0.2) is 0 Å². The molecule has 0 atom stereocenters. The molecule has 2 aliphatic rings. The zero-order chi connectivity index (χ0) is 18.8. The minimum Gasteiger partial charge on any atom is -0.369 e. The Morgan fingerprint density at radius 2 is 1.41 bits per heavy atom. The van der Waals surface area contributed by atoms with Gasteiger partial charge < -0.3 is 4.90 Å². The summed E-state index contributed by atoms with van der Waals surface area (Å²) in [5.41, 5.74) is 2.80. The van der Waals surface area contributed by atoms with Crippen molar-refractivity contribution in [1.29, 1.82) is 5.26 Å². The first-order valence-electron chi connectivity index (χ1n) is 9.10. The van der Waals surface area contributed by atoms with Crippen LogP contribution in [0.15, 0.2) is 48.5 Å². The van der Waals surface area contributed by atoms with E-state index in [-0.39, 0.29) is 11.8 Å². The highest BCUT2D eigenvalue weighted by atomic mass is 16.2. The van der Waals surface area contributed by atoms with Crippen LogP contribution in [0, 0.1) is 11.3 Å². The van der Waals surface area contributed by atoms with Crippen molar-refractivity contribution < 1.29 is 9.59 Å². The molecule has 6 heteroatoms. The van der Waals surface area contributed by atoms with Gasteiger partial charge in [-0.3, -0.25) is 19.4 Å². The van der Waals surface area contributed by atoms with Crippen molar-refractivity contribution in [3.63, 3.8) is 0 Å². The van der Waals surface area contributed by atoms with Gasteiger partial charge in [-0.1, -0.05) is 12.1 Å². The van der Waals surface area contributed by atoms with Crippen molar-refractivity contribution in [3.05, 3.63) is 65.2 Å². The van der Waals surface area contributed by atoms with E-state index in [0.29, 0.717) is 29.8 Å². The summed E-state index contributed by atoms with van der Waals surface area (Å²) >= 11 is 0. The Kier molecular flexibility index (Phi) is 4.61. The summed E-state index contributed by atoms with van der Waals surface area (Å²) in [4.78, 5) is 30.8. The first kappa shape index (κ1) is 17.3. The van der Waals surface area contributed by atoms with Crippen molar-refractivity contribution in [2.75, 3.05) is 44.2 Å². The average Bonchev–Trinajstić information content (AvgIpc) is 2.97. The van der Waals surface area contributed by atoms with Crippen molar-refractivity contribution in [2.45, 2.75) is 0 Å². The van der Waals surface area contributed by atoms with Crippen molar-refractivity contribution in [3.8, 4) is 6.07 Å². The SMILES string of the molecule is N#Cc1ccc(N2CCN(CCN3C(=O)c4ccccc4C3=O)CC2)cc1. The third kappa shape index (κ3) is 3.29. The number of carbonyl (C=O) groups excluding carboxylic acids is 2. The van der Waals surface area contributed by atoms with Crippen LogP contribution in [-0.4, -0.2) is 60.9 Å². The van der Waals surface area contributed by atoms with Crippen LogP contribution in [0.3, 0.4) is 0 Å².